The third kappa shape index (κ3) is 5.91. The summed E-state index contributed by atoms with van der Waals surface area (Å²) in [6.45, 7) is 8.04. The van der Waals surface area contributed by atoms with Gasteiger partial charge in [-0.3, -0.25) is 9.69 Å². The average molecular weight is 368 g/mol. The number of amides is 1. The van der Waals surface area contributed by atoms with Crippen LogP contribution in [0.25, 0.3) is 0 Å². The molecule has 2 heterocycles. The molecule has 1 unspecified atom stereocenters. The molecule has 0 aromatic carbocycles. The van der Waals surface area contributed by atoms with Crippen LogP contribution in [0.3, 0.4) is 0 Å². The van der Waals surface area contributed by atoms with Crippen LogP contribution < -0.4 is 5.32 Å². The van der Waals surface area contributed by atoms with Crippen LogP contribution in [0.2, 0.25) is 0 Å². The van der Waals surface area contributed by atoms with Crippen molar-refractivity contribution in [1.82, 2.24) is 25.3 Å². The van der Waals surface area contributed by atoms with Gasteiger partial charge in [0, 0.05) is 45.6 Å². The van der Waals surface area contributed by atoms with Crippen molar-refractivity contribution < 1.29 is 9.32 Å². The van der Waals surface area contributed by atoms with Gasteiger partial charge in [0.05, 0.1) is 6.04 Å². The monoisotopic (exact) mass is 367 g/mol. The molecule has 1 aromatic rings. The maximum atomic E-state index is 12.0. The Morgan fingerprint density at radius 1 is 1.30 bits per heavy atom. The number of piperazine rings is 1. The summed E-state index contributed by atoms with van der Waals surface area (Å²) in [6.07, 6.45) is 1.35. The Labute approximate surface area is 150 Å². The fraction of sp³-hybridized carbons (Fsp3) is 0.786. The first-order valence-electron chi connectivity index (χ1n) is 7.64. The molecule has 1 aromatic heterocycles. The predicted molar refractivity (Wildman–Crippen MR) is 93.3 cm³/mol. The molecule has 134 valence electrons. The molecule has 1 atom stereocenters. The zero-order valence-electron chi connectivity index (χ0n) is 13.9. The molecule has 1 N–H and O–H groups in total. The number of aryl methyl sites for hydroxylation is 1. The highest BCUT2D eigenvalue weighted by Crippen LogP contribution is 2.20. The van der Waals surface area contributed by atoms with Crippen LogP contribution in [0.1, 0.15) is 38.0 Å². The molecular formula is C14H27Cl2N5O2. The number of halogens is 2. The number of nitrogens with one attached hydrogen (secondary N) is 1. The van der Waals surface area contributed by atoms with Crippen LogP contribution >= 0.6 is 24.8 Å². The van der Waals surface area contributed by atoms with E-state index in [9.17, 15) is 4.79 Å². The van der Waals surface area contributed by atoms with Gasteiger partial charge in [-0.05, 0) is 14.0 Å². The molecule has 0 spiro atoms. The second-order valence-corrected chi connectivity index (χ2v) is 5.35. The van der Waals surface area contributed by atoms with E-state index in [0.29, 0.717) is 12.3 Å². The Morgan fingerprint density at radius 3 is 2.48 bits per heavy atom. The second kappa shape index (κ2) is 10.8. The lowest BCUT2D eigenvalue weighted by Gasteiger charge is -2.36. The summed E-state index contributed by atoms with van der Waals surface area (Å²) in [6, 6.07) is 0.104. The molecule has 1 aliphatic heterocycles. The molecule has 0 radical (unpaired) electrons. The Hall–Kier alpha value is -0.890. The van der Waals surface area contributed by atoms with Gasteiger partial charge >= 0.3 is 0 Å². The summed E-state index contributed by atoms with van der Waals surface area (Å²) in [5.41, 5.74) is 0. The Morgan fingerprint density at radius 2 is 1.96 bits per heavy atom. The van der Waals surface area contributed by atoms with Crippen molar-refractivity contribution in [3.05, 3.63) is 11.7 Å². The molecule has 1 amide bonds. The molecule has 7 nitrogen and oxygen atoms in total. The molecule has 9 heteroatoms. The van der Waals surface area contributed by atoms with Crippen molar-refractivity contribution in [1.29, 1.82) is 0 Å². The van der Waals surface area contributed by atoms with Crippen LogP contribution in [-0.2, 0) is 11.2 Å². The minimum atomic E-state index is 0. The van der Waals surface area contributed by atoms with Crippen LogP contribution in [0.5, 0.6) is 0 Å². The van der Waals surface area contributed by atoms with Gasteiger partial charge in [0.15, 0.2) is 5.82 Å². The van der Waals surface area contributed by atoms with Gasteiger partial charge < -0.3 is 14.7 Å². The maximum absolute atomic E-state index is 12.0. The Bertz CT molecular complexity index is 464. The lowest BCUT2D eigenvalue weighted by molar-refractivity contribution is -0.133. The van der Waals surface area contributed by atoms with E-state index in [1.165, 1.54) is 0 Å². The molecular weight excluding hydrogens is 341 g/mol. The second-order valence-electron chi connectivity index (χ2n) is 5.35. The van der Waals surface area contributed by atoms with Crippen molar-refractivity contribution in [3.8, 4) is 0 Å². The van der Waals surface area contributed by atoms with Crippen LogP contribution in [0.4, 0.5) is 0 Å². The smallest absolute Gasteiger partial charge is 0.243 e. The predicted octanol–water partition coefficient (Wildman–Crippen LogP) is 1.29. The lowest BCUT2D eigenvalue weighted by Crippen LogP contribution is -2.49. The highest BCUT2D eigenvalue weighted by Gasteiger charge is 2.27. The number of carbonyl (C=O) groups is 1. The van der Waals surface area contributed by atoms with Gasteiger partial charge in [-0.15, -0.1) is 24.8 Å². The average Bonchev–Trinajstić information content (AvgIpc) is 3.01. The van der Waals surface area contributed by atoms with Gasteiger partial charge in [0.2, 0.25) is 11.8 Å². The normalized spacial score (nSPS) is 16.4. The van der Waals surface area contributed by atoms with Crippen LogP contribution in [0, 0.1) is 0 Å². The number of hydrogen-bond donors (Lipinski definition) is 1. The lowest BCUT2D eigenvalue weighted by atomic mass is 10.2. The summed E-state index contributed by atoms with van der Waals surface area (Å²) >= 11 is 0. The minimum Gasteiger partial charge on any atom is -0.340 e. The first-order chi connectivity index (χ1) is 10.2. The molecule has 0 aliphatic carbocycles. The Balaban J connectivity index is 0.00000242. The maximum Gasteiger partial charge on any atom is 0.243 e. The fourth-order valence-electron chi connectivity index (χ4n) is 2.49. The Kier molecular flexibility index (Phi) is 10.4. The van der Waals surface area contributed by atoms with E-state index in [1.807, 2.05) is 18.9 Å². The first kappa shape index (κ1) is 22.1. The van der Waals surface area contributed by atoms with Crippen molar-refractivity contribution in [2.75, 3.05) is 39.8 Å². The van der Waals surface area contributed by atoms with E-state index in [2.05, 4.69) is 27.3 Å². The summed E-state index contributed by atoms with van der Waals surface area (Å²) in [5, 5.41) is 6.95. The number of rotatable bonds is 6. The highest BCUT2D eigenvalue weighted by atomic mass is 35.5. The van der Waals surface area contributed by atoms with E-state index >= 15 is 0 Å². The molecule has 0 bridgehead atoms. The third-order valence-electron chi connectivity index (χ3n) is 3.96. The summed E-state index contributed by atoms with van der Waals surface area (Å²) in [4.78, 5) is 20.6. The number of nitrogens with zero attached hydrogens (tertiary/aromatic N) is 4. The fourth-order valence-corrected chi connectivity index (χ4v) is 2.49. The van der Waals surface area contributed by atoms with E-state index < -0.39 is 0 Å². The third-order valence-corrected chi connectivity index (χ3v) is 3.96. The summed E-state index contributed by atoms with van der Waals surface area (Å²) < 4.78 is 5.31. The van der Waals surface area contributed by atoms with Crippen LogP contribution in [0.15, 0.2) is 4.52 Å². The van der Waals surface area contributed by atoms with Gasteiger partial charge in [-0.1, -0.05) is 12.1 Å². The molecule has 1 saturated heterocycles. The molecule has 0 saturated carbocycles. The minimum absolute atomic E-state index is 0. The quantitative estimate of drug-likeness (QED) is 0.816. The summed E-state index contributed by atoms with van der Waals surface area (Å²) in [5.74, 6) is 1.64. The van der Waals surface area contributed by atoms with Crippen molar-refractivity contribution >= 4 is 30.7 Å². The number of carbonyl (C=O) groups excluding carboxylic acids is 1. The first-order valence-corrected chi connectivity index (χ1v) is 7.64. The molecule has 23 heavy (non-hydrogen) atoms. The van der Waals surface area contributed by atoms with Gasteiger partial charge in [-0.2, -0.15) is 4.98 Å². The largest absolute Gasteiger partial charge is 0.340 e. The van der Waals surface area contributed by atoms with Gasteiger partial charge in [-0.25, -0.2) is 0 Å². The standard InChI is InChI=1S/C14H25N5O2.2ClH/c1-4-12-16-14(21-17-12)11(2)18-7-9-19(10-8-18)13(20)5-6-15-3;;/h11,15H,4-10H2,1-3H3;2*1H. The molecule has 1 aliphatic rings. The van der Waals surface area contributed by atoms with E-state index in [0.717, 1.165) is 45.0 Å². The zero-order chi connectivity index (χ0) is 15.2. The van der Waals surface area contributed by atoms with E-state index in [4.69, 9.17) is 4.52 Å². The van der Waals surface area contributed by atoms with E-state index in [1.54, 1.807) is 0 Å². The molecule has 2 rings (SSSR count). The zero-order valence-corrected chi connectivity index (χ0v) is 15.6. The van der Waals surface area contributed by atoms with Crippen LogP contribution in [-0.4, -0.2) is 65.6 Å². The van der Waals surface area contributed by atoms with Gasteiger partial charge in [0.25, 0.3) is 0 Å². The SMILES string of the molecule is CCc1noc(C(C)N2CCN(C(=O)CCNC)CC2)n1.Cl.Cl. The van der Waals surface area contributed by atoms with Crippen molar-refractivity contribution in [2.24, 2.45) is 0 Å². The topological polar surface area (TPSA) is 74.5 Å². The number of hydrogen-bond acceptors (Lipinski definition) is 6. The molecule has 1 fully saturated rings. The van der Waals surface area contributed by atoms with E-state index in [-0.39, 0.29) is 36.8 Å². The van der Waals surface area contributed by atoms with Gasteiger partial charge in [0.1, 0.15) is 0 Å². The highest BCUT2D eigenvalue weighted by molar-refractivity contribution is 5.85. The summed E-state index contributed by atoms with van der Waals surface area (Å²) in [7, 11) is 1.86. The van der Waals surface area contributed by atoms with Crippen molar-refractivity contribution in [2.45, 2.75) is 32.7 Å². The number of aromatic nitrogens is 2. The van der Waals surface area contributed by atoms with Crippen molar-refractivity contribution in [3.63, 3.8) is 0 Å².